The molecule has 1 heterocycles. The molecular formula is C10H15N3O. The van der Waals surface area contributed by atoms with Crippen LogP contribution in [0.15, 0.2) is 0 Å². The summed E-state index contributed by atoms with van der Waals surface area (Å²) in [5.41, 5.74) is 5.22. The maximum absolute atomic E-state index is 11.3. The summed E-state index contributed by atoms with van der Waals surface area (Å²) in [4.78, 5) is 13.0. The van der Waals surface area contributed by atoms with E-state index < -0.39 is 0 Å². The predicted molar refractivity (Wildman–Crippen MR) is 50.8 cm³/mol. The Kier molecular flexibility index (Phi) is 2.10. The molecule has 2 aliphatic rings. The standard InChI is InChI=1S/C10H15N3O/c11-7-13-5-1-8(2-6-13)10(3-4-10)9(12)14/h8H,1-6H2,(H2,12,14). The number of likely N-dealkylation sites (tertiary alicyclic amines) is 1. The highest BCUT2D eigenvalue weighted by atomic mass is 16.1. The topological polar surface area (TPSA) is 70.1 Å². The van der Waals surface area contributed by atoms with Gasteiger partial charge >= 0.3 is 0 Å². The molecule has 0 atom stereocenters. The van der Waals surface area contributed by atoms with Crippen molar-refractivity contribution in [2.45, 2.75) is 25.7 Å². The Morgan fingerprint density at radius 2 is 2.00 bits per heavy atom. The zero-order chi connectivity index (χ0) is 10.2. The van der Waals surface area contributed by atoms with Crippen LogP contribution < -0.4 is 5.73 Å². The first-order valence-electron chi connectivity index (χ1n) is 5.13. The number of amides is 1. The van der Waals surface area contributed by atoms with E-state index in [4.69, 9.17) is 11.0 Å². The van der Waals surface area contributed by atoms with Gasteiger partial charge in [-0.2, -0.15) is 5.26 Å². The summed E-state index contributed by atoms with van der Waals surface area (Å²) >= 11 is 0. The average molecular weight is 193 g/mol. The number of hydrogen-bond acceptors (Lipinski definition) is 3. The fourth-order valence-electron chi connectivity index (χ4n) is 2.52. The fourth-order valence-corrected chi connectivity index (χ4v) is 2.52. The maximum Gasteiger partial charge on any atom is 0.223 e. The molecule has 76 valence electrons. The minimum atomic E-state index is -0.193. The highest BCUT2D eigenvalue weighted by Crippen LogP contribution is 2.54. The third-order valence-corrected chi connectivity index (χ3v) is 3.70. The normalized spacial score (nSPS) is 25.5. The summed E-state index contributed by atoms with van der Waals surface area (Å²) in [6, 6.07) is 0. The molecular weight excluding hydrogens is 178 g/mol. The first kappa shape index (κ1) is 9.32. The van der Waals surface area contributed by atoms with E-state index in [0.29, 0.717) is 5.92 Å². The molecule has 1 aliphatic carbocycles. The van der Waals surface area contributed by atoms with Crippen LogP contribution in [0.3, 0.4) is 0 Å². The van der Waals surface area contributed by atoms with Crippen molar-refractivity contribution in [1.82, 2.24) is 4.90 Å². The van der Waals surface area contributed by atoms with Crippen molar-refractivity contribution in [3.63, 3.8) is 0 Å². The molecule has 4 heteroatoms. The van der Waals surface area contributed by atoms with Crippen LogP contribution in [-0.4, -0.2) is 23.9 Å². The Morgan fingerprint density at radius 1 is 1.43 bits per heavy atom. The zero-order valence-electron chi connectivity index (χ0n) is 8.20. The number of hydrogen-bond donors (Lipinski definition) is 1. The van der Waals surface area contributed by atoms with Crippen molar-refractivity contribution in [2.24, 2.45) is 17.1 Å². The van der Waals surface area contributed by atoms with E-state index in [2.05, 4.69) is 6.19 Å². The highest BCUT2D eigenvalue weighted by molar-refractivity contribution is 5.84. The van der Waals surface area contributed by atoms with E-state index >= 15 is 0 Å². The van der Waals surface area contributed by atoms with Crippen molar-refractivity contribution in [1.29, 1.82) is 5.26 Å². The molecule has 0 radical (unpaired) electrons. The number of rotatable bonds is 2. The monoisotopic (exact) mass is 193 g/mol. The average Bonchev–Trinajstić information content (AvgIpc) is 2.99. The molecule has 2 fully saturated rings. The second-order valence-corrected chi connectivity index (χ2v) is 4.38. The minimum absolute atomic E-state index is 0.132. The smallest absolute Gasteiger partial charge is 0.223 e. The lowest BCUT2D eigenvalue weighted by Crippen LogP contribution is -2.39. The number of nitrogens with two attached hydrogens (primary N) is 1. The number of nitriles is 1. The van der Waals surface area contributed by atoms with Gasteiger partial charge in [0.2, 0.25) is 5.91 Å². The summed E-state index contributed by atoms with van der Waals surface area (Å²) in [5.74, 6) is 0.289. The van der Waals surface area contributed by atoms with Gasteiger partial charge in [-0.05, 0) is 31.6 Å². The molecule has 1 saturated heterocycles. The van der Waals surface area contributed by atoms with Gasteiger partial charge in [0.1, 0.15) is 0 Å². The first-order valence-corrected chi connectivity index (χ1v) is 5.13. The van der Waals surface area contributed by atoms with Gasteiger partial charge in [-0.3, -0.25) is 4.79 Å². The van der Waals surface area contributed by atoms with Crippen molar-refractivity contribution < 1.29 is 4.79 Å². The Labute approximate surface area is 83.7 Å². The molecule has 0 aromatic rings. The number of carbonyl (C=O) groups is 1. The molecule has 2 N–H and O–H groups in total. The molecule has 14 heavy (non-hydrogen) atoms. The molecule has 1 amide bonds. The third-order valence-electron chi connectivity index (χ3n) is 3.70. The Balaban J connectivity index is 1.96. The predicted octanol–water partition coefficient (Wildman–Crippen LogP) is 0.445. The highest BCUT2D eigenvalue weighted by Gasteiger charge is 2.54. The molecule has 0 aromatic heterocycles. The molecule has 0 unspecified atom stereocenters. The van der Waals surface area contributed by atoms with E-state index in [1.807, 2.05) is 0 Å². The summed E-state index contributed by atoms with van der Waals surface area (Å²) in [6.45, 7) is 1.58. The molecule has 4 nitrogen and oxygen atoms in total. The van der Waals surface area contributed by atoms with E-state index in [0.717, 1.165) is 38.8 Å². The summed E-state index contributed by atoms with van der Waals surface area (Å²) in [7, 11) is 0. The number of primary amides is 1. The van der Waals surface area contributed by atoms with Gasteiger partial charge in [-0.1, -0.05) is 0 Å². The quantitative estimate of drug-likeness (QED) is 0.647. The van der Waals surface area contributed by atoms with Gasteiger partial charge in [-0.15, -0.1) is 0 Å². The number of nitrogens with zero attached hydrogens (tertiary/aromatic N) is 2. The lowest BCUT2D eigenvalue weighted by atomic mass is 9.81. The molecule has 0 aromatic carbocycles. The van der Waals surface area contributed by atoms with E-state index in [1.54, 1.807) is 4.90 Å². The largest absolute Gasteiger partial charge is 0.369 e. The first-order chi connectivity index (χ1) is 6.69. The SMILES string of the molecule is N#CN1CCC(C2(C(N)=O)CC2)CC1. The van der Waals surface area contributed by atoms with Gasteiger partial charge in [0.15, 0.2) is 6.19 Å². The lowest BCUT2D eigenvalue weighted by molar-refractivity contribution is -0.125. The third kappa shape index (κ3) is 1.33. The fraction of sp³-hybridized carbons (Fsp3) is 0.800. The van der Waals surface area contributed by atoms with Crippen LogP contribution in [0.4, 0.5) is 0 Å². The minimum Gasteiger partial charge on any atom is -0.369 e. The summed E-state index contributed by atoms with van der Waals surface area (Å²) in [5, 5.41) is 8.69. The molecule has 1 saturated carbocycles. The van der Waals surface area contributed by atoms with Crippen molar-refractivity contribution in [3.8, 4) is 6.19 Å². The Hall–Kier alpha value is -1.24. The van der Waals surface area contributed by atoms with Crippen LogP contribution in [0, 0.1) is 22.8 Å². The van der Waals surface area contributed by atoms with Crippen LogP contribution in [0.25, 0.3) is 0 Å². The van der Waals surface area contributed by atoms with Crippen LogP contribution in [0.5, 0.6) is 0 Å². The zero-order valence-corrected chi connectivity index (χ0v) is 8.20. The molecule has 0 spiro atoms. The van der Waals surface area contributed by atoms with Crippen LogP contribution in [-0.2, 0) is 4.79 Å². The van der Waals surface area contributed by atoms with Crippen molar-refractivity contribution in [3.05, 3.63) is 0 Å². The van der Waals surface area contributed by atoms with Gasteiger partial charge in [0, 0.05) is 13.1 Å². The second-order valence-electron chi connectivity index (χ2n) is 4.38. The van der Waals surface area contributed by atoms with Crippen LogP contribution in [0.1, 0.15) is 25.7 Å². The van der Waals surface area contributed by atoms with E-state index in [-0.39, 0.29) is 11.3 Å². The number of piperidine rings is 1. The Bertz CT molecular complexity index is 282. The molecule has 0 bridgehead atoms. The van der Waals surface area contributed by atoms with Crippen molar-refractivity contribution in [2.75, 3.05) is 13.1 Å². The van der Waals surface area contributed by atoms with E-state index in [9.17, 15) is 4.79 Å². The molecule has 1 aliphatic heterocycles. The van der Waals surface area contributed by atoms with Crippen LogP contribution >= 0.6 is 0 Å². The van der Waals surface area contributed by atoms with E-state index in [1.165, 1.54) is 0 Å². The second kappa shape index (κ2) is 3.16. The lowest BCUT2D eigenvalue weighted by Gasteiger charge is -2.32. The van der Waals surface area contributed by atoms with Gasteiger partial charge in [0.25, 0.3) is 0 Å². The van der Waals surface area contributed by atoms with Gasteiger partial charge in [-0.25, -0.2) is 0 Å². The maximum atomic E-state index is 11.3. The van der Waals surface area contributed by atoms with Crippen LogP contribution in [0.2, 0.25) is 0 Å². The molecule has 2 rings (SSSR count). The summed E-state index contributed by atoms with van der Waals surface area (Å²) < 4.78 is 0. The van der Waals surface area contributed by atoms with Gasteiger partial charge in [0.05, 0.1) is 5.41 Å². The number of carbonyl (C=O) groups excluding carboxylic acids is 1. The Morgan fingerprint density at radius 3 is 2.36 bits per heavy atom. The summed E-state index contributed by atoms with van der Waals surface area (Å²) in [6.07, 6.45) is 5.94. The van der Waals surface area contributed by atoms with Gasteiger partial charge < -0.3 is 10.6 Å². The van der Waals surface area contributed by atoms with Crippen molar-refractivity contribution >= 4 is 5.91 Å².